The number of halogens is 2. The molecule has 7 aliphatic rings. The van der Waals surface area contributed by atoms with Crippen LogP contribution in [0, 0.1) is 13.8 Å². The molecule has 59 heavy (non-hydrogen) atoms. The monoisotopic (exact) mass is 876 g/mol. The molecule has 1 aromatic rings. The molecule has 2 fully saturated rings. The lowest BCUT2D eigenvalue weighted by Crippen LogP contribution is -2.18. The van der Waals surface area contributed by atoms with Crippen LogP contribution >= 0.6 is 23.5 Å². The standard InChI is InChI=1S/C6H11N.C6H9N.C6H10O2.C6H10O.C5H6F2O2.C5H10O2.C5H8O2.C5H10S2/c2*1-5-3-4-7-6(5)2;1-5-6(2)8-4-3-7-5;1-5-3-4-7-6(5)2;1-3-4(2)9-5(6,7)8-3;1-5(2)6-3-4-7-5;1-4-5(2)7-3-6-4;1-5(2)6-3-4-7-5/h7H,3-4H2,1-2H3;3-4,7H,1-2H3;3-4H2,1-2H3;3-4H2,1-2H3;1-2H3;3-4H2,1-2H3;3H2,1-2H3;3-4H2,1-2H3. The predicted molar refractivity (Wildman–Crippen MR) is 236 cm³/mol. The Labute approximate surface area is 362 Å². The van der Waals surface area contributed by atoms with E-state index in [1.54, 1.807) is 0 Å². The molecule has 7 aliphatic heterocycles. The summed E-state index contributed by atoms with van der Waals surface area (Å²) in [6.45, 7) is 36.8. The fourth-order valence-corrected chi connectivity index (χ4v) is 7.20. The Morgan fingerprint density at radius 1 is 0.559 bits per heavy atom. The topological polar surface area (TPSA) is 111 Å². The average molecular weight is 877 g/mol. The van der Waals surface area contributed by atoms with Crippen LogP contribution in [0.3, 0.4) is 0 Å². The van der Waals surface area contributed by atoms with Gasteiger partial charge in [0.15, 0.2) is 5.79 Å². The summed E-state index contributed by atoms with van der Waals surface area (Å²) in [4.78, 5) is 3.07. The SMILES string of the molecule is CC1(C)OCCO1.CC1(C)SCCS1.CC1=C(C)NCC1.CC1=C(C)OC(F)(F)O1.CC1=C(C)OCC1.CC1=C(C)OCCO1.CC1=C(C)OCO1.Cc1cc[nH]c1C. The van der Waals surface area contributed by atoms with Crippen molar-refractivity contribution in [3.8, 4) is 0 Å². The minimum absolute atomic E-state index is 0.139. The highest BCUT2D eigenvalue weighted by Gasteiger charge is 2.41. The quantitative estimate of drug-likeness (QED) is 0.259. The number of rotatable bonds is 0. The smallest absolute Gasteiger partial charge is 0.498 e. The number of allylic oxidation sites excluding steroid dienone is 8. The second-order valence-electron chi connectivity index (χ2n) is 15.1. The van der Waals surface area contributed by atoms with Gasteiger partial charge in [-0.05, 0) is 134 Å². The van der Waals surface area contributed by atoms with Crippen LogP contribution in [0.5, 0.6) is 0 Å². The Hall–Kier alpha value is -3.14. The summed E-state index contributed by atoms with van der Waals surface area (Å²) >= 11 is 4.12. The second-order valence-corrected chi connectivity index (χ2v) is 18.8. The molecular formula is C44H74F2N2O9S2. The minimum atomic E-state index is -3.44. The summed E-state index contributed by atoms with van der Waals surface area (Å²) in [6, 6.07) is 2.06. The number of hydrogen-bond acceptors (Lipinski definition) is 12. The molecule has 0 aliphatic carbocycles. The van der Waals surface area contributed by atoms with Gasteiger partial charge < -0.3 is 52.9 Å². The zero-order valence-corrected chi connectivity index (χ0v) is 40.3. The molecule has 0 saturated carbocycles. The largest absolute Gasteiger partial charge is 0.585 e. The summed E-state index contributed by atoms with van der Waals surface area (Å²) in [5, 5.41) is 3.25. The summed E-state index contributed by atoms with van der Waals surface area (Å²) in [5.41, 5.74) is 6.89. The third-order valence-corrected chi connectivity index (χ3v) is 12.6. The maximum atomic E-state index is 12.0. The maximum Gasteiger partial charge on any atom is 0.585 e. The number of aromatic amines is 1. The zero-order chi connectivity index (χ0) is 44.8. The normalized spacial score (nSPS) is 21.2. The van der Waals surface area contributed by atoms with Gasteiger partial charge in [0.2, 0.25) is 6.79 Å². The molecule has 340 valence electrons. The number of aromatic nitrogens is 1. The van der Waals surface area contributed by atoms with Gasteiger partial charge in [-0.1, -0.05) is 5.57 Å². The van der Waals surface area contributed by atoms with Gasteiger partial charge in [0.05, 0.1) is 29.7 Å². The highest BCUT2D eigenvalue weighted by molar-refractivity contribution is 8.21. The summed E-state index contributed by atoms with van der Waals surface area (Å²) in [6.07, 6.45) is 0.885. The van der Waals surface area contributed by atoms with Gasteiger partial charge in [-0.2, -0.15) is 0 Å². The molecule has 8 heterocycles. The fraction of sp³-hybridized carbons (Fsp3) is 0.682. The lowest BCUT2D eigenvalue weighted by atomic mass is 10.2. The third-order valence-electron chi connectivity index (χ3n) is 9.42. The van der Waals surface area contributed by atoms with Gasteiger partial charge >= 0.3 is 6.29 Å². The van der Waals surface area contributed by atoms with E-state index in [-0.39, 0.29) is 17.3 Å². The van der Waals surface area contributed by atoms with Crippen molar-refractivity contribution < 1.29 is 51.4 Å². The Bertz CT molecular complexity index is 1400. The van der Waals surface area contributed by atoms with Crippen molar-refractivity contribution in [2.45, 2.75) is 140 Å². The number of ether oxygens (including phenoxy) is 9. The number of nitrogens with one attached hydrogen (secondary N) is 2. The molecular weight excluding hydrogens is 803 g/mol. The van der Waals surface area contributed by atoms with Gasteiger partial charge in [-0.3, -0.25) is 0 Å². The molecule has 0 atom stereocenters. The van der Waals surface area contributed by atoms with E-state index in [4.69, 9.17) is 33.2 Å². The van der Waals surface area contributed by atoms with E-state index < -0.39 is 6.29 Å². The first kappa shape index (κ1) is 53.9. The van der Waals surface area contributed by atoms with Crippen LogP contribution in [0.4, 0.5) is 8.78 Å². The zero-order valence-electron chi connectivity index (χ0n) is 38.7. The fourth-order valence-electron chi connectivity index (χ4n) is 4.72. The number of hydrogen-bond donors (Lipinski definition) is 2. The van der Waals surface area contributed by atoms with E-state index >= 15 is 0 Å². The first-order chi connectivity index (χ1) is 27.4. The van der Waals surface area contributed by atoms with Crippen molar-refractivity contribution in [3.05, 3.63) is 80.7 Å². The number of alkyl halides is 2. The van der Waals surface area contributed by atoms with Crippen LogP contribution in [0.25, 0.3) is 0 Å². The predicted octanol–water partition coefficient (Wildman–Crippen LogP) is 11.9. The summed E-state index contributed by atoms with van der Waals surface area (Å²) < 4.78 is 67.9. The Morgan fingerprint density at radius 3 is 1.19 bits per heavy atom. The van der Waals surface area contributed by atoms with Crippen molar-refractivity contribution >= 4 is 23.5 Å². The summed E-state index contributed by atoms with van der Waals surface area (Å²) in [5.74, 6) is 7.42. The van der Waals surface area contributed by atoms with Crippen molar-refractivity contribution in [2.75, 3.05) is 57.9 Å². The number of aryl methyl sites for hydroxylation is 2. The molecule has 0 bridgehead atoms. The van der Waals surface area contributed by atoms with Crippen molar-refractivity contribution in [1.29, 1.82) is 0 Å². The molecule has 0 spiro atoms. The molecule has 0 radical (unpaired) electrons. The van der Waals surface area contributed by atoms with E-state index in [0.717, 1.165) is 61.6 Å². The molecule has 0 unspecified atom stereocenters. The van der Waals surface area contributed by atoms with E-state index in [1.807, 2.05) is 54.7 Å². The van der Waals surface area contributed by atoms with E-state index in [2.05, 4.69) is 97.8 Å². The van der Waals surface area contributed by atoms with E-state index in [0.29, 0.717) is 24.1 Å². The highest BCUT2D eigenvalue weighted by Crippen LogP contribution is 2.42. The summed E-state index contributed by atoms with van der Waals surface area (Å²) in [7, 11) is 0. The molecule has 2 N–H and O–H groups in total. The molecule has 2 saturated heterocycles. The molecule has 8 rings (SSSR count). The van der Waals surface area contributed by atoms with Crippen molar-refractivity contribution in [1.82, 2.24) is 10.3 Å². The van der Waals surface area contributed by atoms with Gasteiger partial charge in [0.25, 0.3) is 0 Å². The van der Waals surface area contributed by atoms with Crippen molar-refractivity contribution in [3.63, 3.8) is 0 Å². The molecule has 15 heteroatoms. The maximum absolute atomic E-state index is 12.0. The first-order valence-corrected chi connectivity index (χ1v) is 22.1. The molecule has 11 nitrogen and oxygen atoms in total. The van der Waals surface area contributed by atoms with Crippen LogP contribution in [-0.2, 0) is 42.6 Å². The Morgan fingerprint density at radius 2 is 1.03 bits per heavy atom. The lowest BCUT2D eigenvalue weighted by molar-refractivity contribution is -0.337. The van der Waals surface area contributed by atoms with Crippen LogP contribution in [0.15, 0.2) is 69.4 Å². The van der Waals surface area contributed by atoms with Crippen LogP contribution in [0.1, 0.15) is 121 Å². The van der Waals surface area contributed by atoms with E-state index in [1.165, 1.54) is 59.9 Å². The van der Waals surface area contributed by atoms with Gasteiger partial charge in [0, 0.05) is 42.1 Å². The molecule has 0 amide bonds. The lowest BCUT2D eigenvalue weighted by Gasteiger charge is -2.16. The first-order valence-electron chi connectivity index (χ1n) is 20.1. The Balaban J connectivity index is 0.000000338. The average Bonchev–Trinajstić information content (AvgIpc) is 4.05. The van der Waals surface area contributed by atoms with Gasteiger partial charge in [0.1, 0.15) is 47.8 Å². The molecule has 1 aromatic heterocycles. The number of H-pyrrole nitrogens is 1. The van der Waals surface area contributed by atoms with Gasteiger partial charge in [-0.15, -0.1) is 32.3 Å². The number of thioether (sulfide) groups is 2. The van der Waals surface area contributed by atoms with Crippen LogP contribution < -0.4 is 5.32 Å². The van der Waals surface area contributed by atoms with E-state index in [9.17, 15) is 8.78 Å². The van der Waals surface area contributed by atoms with Crippen LogP contribution in [0.2, 0.25) is 0 Å². The minimum Gasteiger partial charge on any atom is -0.498 e. The van der Waals surface area contributed by atoms with Gasteiger partial charge in [-0.25, -0.2) is 0 Å². The molecule has 0 aromatic carbocycles. The second kappa shape index (κ2) is 26.9. The third kappa shape index (κ3) is 24.0. The Kier molecular flexibility index (Phi) is 24.6. The highest BCUT2D eigenvalue weighted by atomic mass is 32.2. The van der Waals surface area contributed by atoms with Crippen LogP contribution in [-0.4, -0.2) is 79.0 Å². The van der Waals surface area contributed by atoms with Crippen molar-refractivity contribution in [2.24, 2.45) is 0 Å².